The highest BCUT2D eigenvalue weighted by molar-refractivity contribution is 7.98. The Balaban J connectivity index is 4.83. The van der Waals surface area contributed by atoms with Gasteiger partial charge in [0.2, 0.25) is 17.7 Å². The van der Waals surface area contributed by atoms with Gasteiger partial charge in [0.15, 0.2) is 0 Å². The van der Waals surface area contributed by atoms with Gasteiger partial charge in [0.05, 0.1) is 12.6 Å². The number of amides is 3. The van der Waals surface area contributed by atoms with Crippen LogP contribution in [-0.2, 0) is 28.8 Å². The van der Waals surface area contributed by atoms with Crippen molar-refractivity contribution in [1.29, 1.82) is 0 Å². The number of rotatable bonds is 16. The van der Waals surface area contributed by atoms with Gasteiger partial charge in [0.25, 0.3) is 0 Å². The fraction of sp³-hybridized carbons (Fsp3) is 0.647. The van der Waals surface area contributed by atoms with Crippen molar-refractivity contribution in [3.63, 3.8) is 0 Å². The maximum atomic E-state index is 12.4. The summed E-state index contributed by atoms with van der Waals surface area (Å²) in [6.45, 7) is -0.524. The molecule has 8 N–H and O–H groups in total. The number of nitrogens with one attached hydrogen (secondary N) is 3. The van der Waals surface area contributed by atoms with E-state index in [4.69, 9.17) is 21.1 Å². The summed E-state index contributed by atoms with van der Waals surface area (Å²) in [5.41, 5.74) is 5.53. The average molecular weight is 464 g/mol. The Morgan fingerprint density at radius 2 is 1.42 bits per heavy atom. The van der Waals surface area contributed by atoms with Crippen molar-refractivity contribution in [2.75, 3.05) is 18.6 Å². The van der Waals surface area contributed by atoms with Crippen LogP contribution in [0.4, 0.5) is 0 Å². The Bertz CT molecular complexity index is 674. The lowest BCUT2D eigenvalue weighted by atomic mass is 10.1. The van der Waals surface area contributed by atoms with Crippen LogP contribution in [0.3, 0.4) is 0 Å². The van der Waals surface area contributed by atoms with E-state index in [0.29, 0.717) is 5.75 Å². The fourth-order valence-electron chi connectivity index (χ4n) is 2.26. The molecule has 0 saturated heterocycles. The molecule has 0 saturated carbocycles. The number of carbonyl (C=O) groups is 6. The summed E-state index contributed by atoms with van der Waals surface area (Å²) in [6, 6.07) is -3.67. The first-order valence-corrected chi connectivity index (χ1v) is 10.7. The zero-order valence-electron chi connectivity index (χ0n) is 17.0. The molecule has 14 heteroatoms. The van der Waals surface area contributed by atoms with Crippen molar-refractivity contribution in [2.45, 2.75) is 50.2 Å². The first-order chi connectivity index (χ1) is 14.5. The summed E-state index contributed by atoms with van der Waals surface area (Å²) in [6.07, 6.45) is 0.703. The van der Waals surface area contributed by atoms with Crippen molar-refractivity contribution < 1.29 is 44.1 Å². The molecule has 0 aromatic carbocycles. The molecule has 3 amide bonds. The predicted octanol–water partition coefficient (Wildman–Crippen LogP) is -2.03. The lowest BCUT2D eigenvalue weighted by molar-refractivity contribution is -0.143. The quantitative estimate of drug-likeness (QED) is 0.132. The summed E-state index contributed by atoms with van der Waals surface area (Å²) >= 11 is 1.38. The molecule has 0 aromatic heterocycles. The van der Waals surface area contributed by atoms with E-state index in [2.05, 4.69) is 16.0 Å². The molecule has 0 aromatic rings. The third-order valence-electron chi connectivity index (χ3n) is 3.95. The van der Waals surface area contributed by atoms with Crippen LogP contribution in [-0.4, -0.2) is 87.6 Å². The molecular weight excluding hydrogens is 436 g/mol. The van der Waals surface area contributed by atoms with Crippen molar-refractivity contribution in [1.82, 2.24) is 16.0 Å². The minimum atomic E-state index is -1.44. The van der Waals surface area contributed by atoms with Gasteiger partial charge in [-0.1, -0.05) is 0 Å². The minimum absolute atomic E-state index is 0.117. The van der Waals surface area contributed by atoms with E-state index in [0.717, 1.165) is 0 Å². The standard InChI is InChI=1S/C17H28N4O9S/c1-31-7-6-10(16(28)21-11(17(29)30)3-5-14(25)26)20-12(22)8-19-15(27)9(18)2-4-13(23)24/h9-11H,2-8,18H2,1H3,(H,19,27)(H,20,22)(H,21,28)(H,23,24)(H,25,26)(H,29,30). The molecule has 0 heterocycles. The van der Waals surface area contributed by atoms with Crippen LogP contribution in [0, 0.1) is 0 Å². The van der Waals surface area contributed by atoms with Gasteiger partial charge >= 0.3 is 17.9 Å². The van der Waals surface area contributed by atoms with Gasteiger partial charge in [0.1, 0.15) is 12.1 Å². The van der Waals surface area contributed by atoms with Gasteiger partial charge in [0, 0.05) is 12.8 Å². The monoisotopic (exact) mass is 464 g/mol. The van der Waals surface area contributed by atoms with Crippen molar-refractivity contribution in [3.05, 3.63) is 0 Å². The van der Waals surface area contributed by atoms with Crippen LogP contribution in [0.1, 0.15) is 32.1 Å². The van der Waals surface area contributed by atoms with Gasteiger partial charge < -0.3 is 37.0 Å². The molecule has 13 nitrogen and oxygen atoms in total. The number of thioether (sulfide) groups is 1. The second kappa shape index (κ2) is 15.0. The van der Waals surface area contributed by atoms with Gasteiger partial charge in [-0.2, -0.15) is 11.8 Å². The Morgan fingerprint density at radius 1 is 0.839 bits per heavy atom. The fourth-order valence-corrected chi connectivity index (χ4v) is 2.73. The first kappa shape index (κ1) is 28.1. The highest BCUT2D eigenvalue weighted by Gasteiger charge is 2.27. The summed E-state index contributed by atoms with van der Waals surface area (Å²) in [5.74, 6) is -5.57. The first-order valence-electron chi connectivity index (χ1n) is 9.26. The number of hydrogen-bond acceptors (Lipinski definition) is 8. The molecule has 0 bridgehead atoms. The molecule has 3 atom stereocenters. The van der Waals surface area contributed by atoms with Gasteiger partial charge in [-0.3, -0.25) is 24.0 Å². The molecule has 0 rings (SSSR count). The van der Waals surface area contributed by atoms with Crippen LogP contribution in [0.15, 0.2) is 0 Å². The van der Waals surface area contributed by atoms with E-state index in [-0.39, 0.29) is 25.7 Å². The second-order valence-corrected chi connectivity index (χ2v) is 7.48. The third kappa shape index (κ3) is 13.1. The molecule has 0 aliphatic carbocycles. The molecule has 0 spiro atoms. The van der Waals surface area contributed by atoms with E-state index < -0.39 is 66.7 Å². The van der Waals surface area contributed by atoms with E-state index in [1.807, 2.05) is 0 Å². The van der Waals surface area contributed by atoms with Crippen LogP contribution < -0.4 is 21.7 Å². The van der Waals surface area contributed by atoms with Crippen LogP contribution in [0.2, 0.25) is 0 Å². The van der Waals surface area contributed by atoms with E-state index in [9.17, 15) is 28.8 Å². The van der Waals surface area contributed by atoms with Gasteiger partial charge in [-0.15, -0.1) is 0 Å². The Labute approximate surface area is 182 Å². The lowest BCUT2D eigenvalue weighted by Crippen LogP contribution is -2.54. The Hall–Kier alpha value is -2.87. The van der Waals surface area contributed by atoms with Crippen molar-refractivity contribution >= 4 is 47.4 Å². The van der Waals surface area contributed by atoms with Crippen molar-refractivity contribution in [2.24, 2.45) is 5.73 Å². The highest BCUT2D eigenvalue weighted by atomic mass is 32.2. The molecule has 0 aliphatic heterocycles. The average Bonchev–Trinajstić information content (AvgIpc) is 2.69. The summed E-state index contributed by atoms with van der Waals surface area (Å²) < 4.78 is 0. The lowest BCUT2D eigenvalue weighted by Gasteiger charge is -2.21. The number of carboxylic acids is 3. The number of nitrogens with two attached hydrogens (primary N) is 1. The Morgan fingerprint density at radius 3 is 1.94 bits per heavy atom. The largest absolute Gasteiger partial charge is 0.481 e. The van der Waals surface area contributed by atoms with Gasteiger partial charge in [-0.05, 0) is 31.3 Å². The zero-order valence-corrected chi connectivity index (χ0v) is 17.8. The molecule has 31 heavy (non-hydrogen) atoms. The Kier molecular flexibility index (Phi) is 13.6. The maximum Gasteiger partial charge on any atom is 0.326 e. The summed E-state index contributed by atoms with van der Waals surface area (Å²) in [5, 5.41) is 33.3. The summed E-state index contributed by atoms with van der Waals surface area (Å²) in [4.78, 5) is 68.7. The number of carboxylic acid groups (broad SMARTS) is 3. The second-order valence-electron chi connectivity index (χ2n) is 6.49. The van der Waals surface area contributed by atoms with Crippen LogP contribution in [0.25, 0.3) is 0 Å². The predicted molar refractivity (Wildman–Crippen MR) is 109 cm³/mol. The molecule has 3 unspecified atom stereocenters. The smallest absolute Gasteiger partial charge is 0.326 e. The molecule has 176 valence electrons. The normalized spacial score (nSPS) is 13.4. The number of carbonyl (C=O) groups excluding carboxylic acids is 3. The van der Waals surface area contributed by atoms with Gasteiger partial charge in [-0.25, -0.2) is 4.79 Å². The van der Waals surface area contributed by atoms with E-state index in [1.165, 1.54) is 11.8 Å². The third-order valence-corrected chi connectivity index (χ3v) is 4.60. The van der Waals surface area contributed by atoms with E-state index >= 15 is 0 Å². The molecular formula is C17H28N4O9S. The maximum absolute atomic E-state index is 12.4. The molecule has 0 fully saturated rings. The summed E-state index contributed by atoms with van der Waals surface area (Å²) in [7, 11) is 0. The molecule has 0 aliphatic rings. The van der Waals surface area contributed by atoms with Crippen LogP contribution in [0.5, 0.6) is 0 Å². The highest BCUT2D eigenvalue weighted by Crippen LogP contribution is 2.04. The van der Waals surface area contributed by atoms with E-state index in [1.54, 1.807) is 6.26 Å². The molecule has 0 radical (unpaired) electrons. The number of aliphatic carboxylic acids is 3. The van der Waals surface area contributed by atoms with Crippen molar-refractivity contribution in [3.8, 4) is 0 Å². The minimum Gasteiger partial charge on any atom is -0.481 e. The topological polar surface area (TPSA) is 225 Å². The zero-order chi connectivity index (χ0) is 24.0. The number of hydrogen-bond donors (Lipinski definition) is 7. The van der Waals surface area contributed by atoms with Crippen LogP contribution >= 0.6 is 11.8 Å². The SMILES string of the molecule is CSCCC(NC(=O)CNC(=O)C(N)CCC(=O)O)C(=O)NC(CCC(=O)O)C(=O)O.